The van der Waals surface area contributed by atoms with Crippen LogP contribution in [0.4, 0.5) is 0 Å². The van der Waals surface area contributed by atoms with Crippen molar-refractivity contribution < 1.29 is 42.4 Å². The van der Waals surface area contributed by atoms with Crippen LogP contribution in [0, 0.1) is 6.92 Å². The van der Waals surface area contributed by atoms with Crippen LogP contribution in [0.15, 0.2) is 77.7 Å². The van der Waals surface area contributed by atoms with Crippen LogP contribution in [-0.4, -0.2) is 56.2 Å². The summed E-state index contributed by atoms with van der Waals surface area (Å²) in [6.07, 6.45) is 1.13. The molecule has 3 N–H and O–H groups in total. The number of carboxylic acid groups (broad SMARTS) is 1. The Labute approximate surface area is 278 Å². The molecule has 4 aromatic carbocycles. The molecule has 1 heterocycles. The molecule has 10 nitrogen and oxygen atoms in total. The fourth-order valence-electron chi connectivity index (χ4n) is 4.99. The summed E-state index contributed by atoms with van der Waals surface area (Å²) in [5, 5.41) is 22.4. The smallest absolute Gasteiger partial charge is 0.326 e. The quantitative estimate of drug-likeness (QED) is 0.164. The molecule has 1 aliphatic rings. The van der Waals surface area contributed by atoms with E-state index in [1.807, 2.05) is 43.3 Å². The molecule has 0 aliphatic carbocycles. The molecular formula is C35H36ClNO9S. The number of ether oxygens (including phenoxy) is 4. The van der Waals surface area contributed by atoms with Crippen LogP contribution in [0.2, 0.25) is 5.02 Å². The maximum atomic E-state index is 12.1. The minimum atomic E-state index is -3.42. The predicted octanol–water partition coefficient (Wildman–Crippen LogP) is 5.57. The Morgan fingerprint density at radius 3 is 2.38 bits per heavy atom. The average molecular weight is 682 g/mol. The molecule has 4 aromatic rings. The lowest BCUT2D eigenvalue weighted by Gasteiger charge is -2.25. The van der Waals surface area contributed by atoms with Gasteiger partial charge >= 0.3 is 5.97 Å². The molecule has 0 spiro atoms. The summed E-state index contributed by atoms with van der Waals surface area (Å²) in [6, 6.07) is 21.5. The molecule has 0 bridgehead atoms. The number of carboxylic acids is 1. The lowest BCUT2D eigenvalue weighted by molar-refractivity contribution is -0.145. The zero-order chi connectivity index (χ0) is 33.8. The van der Waals surface area contributed by atoms with Gasteiger partial charge in [0, 0.05) is 24.4 Å². The Kier molecular flexibility index (Phi) is 10.3. The third kappa shape index (κ3) is 7.99. The maximum Gasteiger partial charge on any atom is 0.326 e. The number of aliphatic carboxylic acids is 1. The zero-order valence-corrected chi connectivity index (χ0v) is 27.8. The highest BCUT2D eigenvalue weighted by atomic mass is 35.5. The number of aliphatic hydroxyl groups excluding tert-OH is 1. The molecule has 0 radical (unpaired) electrons. The van der Waals surface area contributed by atoms with Crippen LogP contribution in [-0.2, 0) is 34.4 Å². The third-order valence-corrected chi connectivity index (χ3v) is 9.38. The van der Waals surface area contributed by atoms with Crippen molar-refractivity contribution in [2.75, 3.05) is 26.1 Å². The van der Waals surface area contributed by atoms with E-state index in [0.717, 1.165) is 34.3 Å². The van der Waals surface area contributed by atoms with Crippen molar-refractivity contribution in [2.45, 2.75) is 44.0 Å². The van der Waals surface area contributed by atoms with Gasteiger partial charge in [0.15, 0.2) is 21.3 Å². The Morgan fingerprint density at radius 1 is 0.936 bits per heavy atom. The van der Waals surface area contributed by atoms with E-state index in [2.05, 4.69) is 5.32 Å². The number of hydrogen-bond acceptors (Lipinski definition) is 9. The average Bonchev–Trinajstić information content (AvgIpc) is 3.06. The zero-order valence-electron chi connectivity index (χ0n) is 26.2. The van der Waals surface area contributed by atoms with E-state index in [1.165, 1.54) is 19.1 Å². The summed E-state index contributed by atoms with van der Waals surface area (Å²) in [7, 11) is -3.42. The van der Waals surface area contributed by atoms with Crippen molar-refractivity contribution in [2.24, 2.45) is 0 Å². The van der Waals surface area contributed by atoms with Crippen LogP contribution in [0.3, 0.4) is 0 Å². The second kappa shape index (κ2) is 14.2. The Balaban J connectivity index is 1.40. The molecule has 0 amide bonds. The molecule has 12 heteroatoms. The Hall–Kier alpha value is -4.29. The van der Waals surface area contributed by atoms with E-state index in [4.69, 9.17) is 30.5 Å². The lowest BCUT2D eigenvalue weighted by atomic mass is 9.96. The molecule has 1 aliphatic heterocycles. The first-order valence-corrected chi connectivity index (χ1v) is 17.1. The van der Waals surface area contributed by atoms with Gasteiger partial charge in [-0.3, -0.25) is 10.1 Å². The summed E-state index contributed by atoms with van der Waals surface area (Å²) < 4.78 is 47.9. The van der Waals surface area contributed by atoms with Gasteiger partial charge in [-0.1, -0.05) is 48.0 Å². The van der Waals surface area contributed by atoms with Gasteiger partial charge in [-0.25, -0.2) is 8.42 Å². The maximum absolute atomic E-state index is 12.1. The topological polar surface area (TPSA) is 141 Å². The van der Waals surface area contributed by atoms with Gasteiger partial charge in [0.1, 0.15) is 43.5 Å². The Bertz CT molecular complexity index is 1900. The highest BCUT2D eigenvalue weighted by Gasteiger charge is 2.32. The van der Waals surface area contributed by atoms with Gasteiger partial charge in [0.2, 0.25) is 0 Å². The van der Waals surface area contributed by atoms with Crippen LogP contribution in [0.1, 0.15) is 29.2 Å². The van der Waals surface area contributed by atoms with Gasteiger partial charge in [-0.2, -0.15) is 0 Å². The molecule has 0 aromatic heterocycles. The number of nitrogens with one attached hydrogen (secondary N) is 1. The molecule has 0 saturated heterocycles. The molecule has 248 valence electrons. The lowest BCUT2D eigenvalue weighted by Crippen LogP contribution is -2.52. The Morgan fingerprint density at radius 2 is 1.66 bits per heavy atom. The van der Waals surface area contributed by atoms with Crippen LogP contribution in [0.5, 0.6) is 23.0 Å². The summed E-state index contributed by atoms with van der Waals surface area (Å²) in [5.41, 5.74) is 3.46. The van der Waals surface area contributed by atoms with Crippen molar-refractivity contribution in [1.82, 2.24) is 5.32 Å². The number of hydrogen-bond donors (Lipinski definition) is 3. The molecule has 1 atom stereocenters. The minimum Gasteiger partial charge on any atom is -0.488 e. The van der Waals surface area contributed by atoms with Gasteiger partial charge in [-0.15, -0.1) is 0 Å². The molecule has 47 heavy (non-hydrogen) atoms. The monoisotopic (exact) mass is 681 g/mol. The third-order valence-electron chi connectivity index (χ3n) is 7.98. The van der Waals surface area contributed by atoms with E-state index < -0.39 is 28.0 Å². The standard InChI is InChI=1S/C35H36ClNO9S/c1-22-25(7-5-9-28(22)24-10-11-30-33(16-24)44-13-12-43-30)20-46-32-17-31(45-19-23-6-4-8-27(14-23)47(3,41)42)26(15-29(32)36)18-37-35(2,21-38)34(39)40/h4-11,14-17,37-38H,12-13,18-21H2,1-3H3,(H,39,40). The van der Waals surface area contributed by atoms with Crippen molar-refractivity contribution in [1.29, 1.82) is 0 Å². The van der Waals surface area contributed by atoms with Crippen molar-refractivity contribution in [3.63, 3.8) is 0 Å². The summed E-state index contributed by atoms with van der Waals surface area (Å²) >= 11 is 6.67. The summed E-state index contributed by atoms with van der Waals surface area (Å²) in [5.74, 6) is 0.876. The second-order valence-corrected chi connectivity index (χ2v) is 13.9. The van der Waals surface area contributed by atoms with E-state index in [9.17, 15) is 23.4 Å². The van der Waals surface area contributed by atoms with Crippen LogP contribution < -0.4 is 24.3 Å². The van der Waals surface area contributed by atoms with Crippen molar-refractivity contribution >= 4 is 27.4 Å². The van der Waals surface area contributed by atoms with E-state index in [-0.39, 0.29) is 29.7 Å². The van der Waals surface area contributed by atoms with Crippen LogP contribution >= 0.6 is 11.6 Å². The van der Waals surface area contributed by atoms with E-state index >= 15 is 0 Å². The minimum absolute atomic E-state index is 0.00123. The number of halogens is 1. The van der Waals surface area contributed by atoms with Gasteiger partial charge in [0.25, 0.3) is 0 Å². The number of aliphatic hydroxyl groups is 1. The van der Waals surface area contributed by atoms with Crippen molar-refractivity contribution in [3.8, 4) is 34.1 Å². The number of carbonyl (C=O) groups is 1. The fourth-order valence-corrected chi connectivity index (χ4v) is 5.93. The summed E-state index contributed by atoms with van der Waals surface area (Å²) in [4.78, 5) is 11.9. The normalized spacial score (nSPS) is 13.9. The predicted molar refractivity (Wildman–Crippen MR) is 177 cm³/mol. The molecule has 0 saturated carbocycles. The van der Waals surface area contributed by atoms with E-state index in [1.54, 1.807) is 24.3 Å². The molecular weight excluding hydrogens is 646 g/mol. The van der Waals surface area contributed by atoms with Crippen LogP contribution in [0.25, 0.3) is 11.1 Å². The van der Waals surface area contributed by atoms with Crippen molar-refractivity contribution in [3.05, 3.63) is 100 Å². The molecule has 0 fully saturated rings. The fraction of sp³-hybridized carbons (Fsp3) is 0.286. The number of fused-ring (bicyclic) bond motifs is 1. The first kappa shape index (κ1) is 34.1. The number of benzene rings is 4. The highest BCUT2D eigenvalue weighted by molar-refractivity contribution is 7.90. The van der Waals surface area contributed by atoms with Gasteiger partial charge in [0.05, 0.1) is 16.5 Å². The van der Waals surface area contributed by atoms with Gasteiger partial charge in [-0.05, 0) is 72.0 Å². The first-order valence-electron chi connectivity index (χ1n) is 14.8. The SMILES string of the molecule is Cc1c(COc2cc(OCc3cccc(S(C)(=O)=O)c3)c(CNC(C)(CO)C(=O)O)cc2Cl)cccc1-c1ccc2c(c1)OCCO2. The van der Waals surface area contributed by atoms with Gasteiger partial charge < -0.3 is 29.2 Å². The largest absolute Gasteiger partial charge is 0.488 e. The highest BCUT2D eigenvalue weighted by Crippen LogP contribution is 2.37. The number of sulfone groups is 1. The van der Waals surface area contributed by atoms with E-state index in [0.29, 0.717) is 41.6 Å². The second-order valence-electron chi connectivity index (χ2n) is 11.5. The summed E-state index contributed by atoms with van der Waals surface area (Å²) in [6.45, 7) is 3.97. The number of rotatable bonds is 13. The molecule has 1 unspecified atom stereocenters. The molecule has 5 rings (SSSR count). The first-order chi connectivity index (χ1) is 22.4.